The Morgan fingerprint density at radius 3 is 2.29 bits per heavy atom. The smallest absolute Gasteiger partial charge is 0.160 e. The number of thiophene rings is 1. The van der Waals surface area contributed by atoms with Gasteiger partial charge < -0.3 is 4.42 Å². The lowest BCUT2D eigenvalue weighted by atomic mass is 9.98. The summed E-state index contributed by atoms with van der Waals surface area (Å²) in [7, 11) is 0. The van der Waals surface area contributed by atoms with Crippen LogP contribution in [0.2, 0.25) is 0 Å². The van der Waals surface area contributed by atoms with Crippen molar-refractivity contribution < 1.29 is 34.6 Å². The third-order valence-corrected chi connectivity index (χ3v) is 7.59. The normalized spacial score (nSPS) is 19.1. The van der Waals surface area contributed by atoms with Crippen LogP contribution in [0.25, 0.3) is 86.8 Å². The first kappa shape index (κ1) is 10.5. The second-order valence-electron chi connectivity index (χ2n) is 8.89. The highest BCUT2D eigenvalue weighted by molar-refractivity contribution is 7.26. The molecular formula is C38H22N2OS. The van der Waals surface area contributed by atoms with Crippen molar-refractivity contribution in [2.45, 2.75) is 0 Å². The quantitative estimate of drug-likeness (QED) is 0.210. The molecule has 42 heavy (non-hydrogen) atoms. The van der Waals surface area contributed by atoms with Crippen LogP contribution in [0.4, 0.5) is 0 Å². The summed E-state index contributed by atoms with van der Waals surface area (Å²) in [4.78, 5) is 9.10. The SMILES string of the molecule is [2H]c1c([2H])c([2H])c(-c2nc(-c3c([2H])c([2H])c([2H])c4oc5c([2H])c(-c6c([2H])c([2H])c7c([2H])c([2H])c([2H])c([2H])c7c6[2H])c([2H])c([2H])c5c34)c3sc4c([2H])c([2H])c([2H])c([2H])c4c3n2)c([2H])c1[2H]. The second kappa shape index (κ2) is 9.10. The zero-order valence-corrected chi connectivity index (χ0v) is 21.5. The number of hydrogen-bond acceptors (Lipinski definition) is 4. The molecule has 3 aromatic heterocycles. The van der Waals surface area contributed by atoms with Crippen molar-refractivity contribution in [2.75, 3.05) is 0 Å². The molecule has 0 atom stereocenters. The molecule has 0 radical (unpaired) electrons. The molecule has 9 aromatic rings. The highest BCUT2D eigenvalue weighted by atomic mass is 32.1. The van der Waals surface area contributed by atoms with Gasteiger partial charge in [0.25, 0.3) is 0 Å². The van der Waals surface area contributed by atoms with Crippen molar-refractivity contribution in [3.63, 3.8) is 0 Å². The number of aromatic nitrogens is 2. The molecule has 196 valence electrons. The molecule has 0 aliphatic rings. The van der Waals surface area contributed by atoms with Crippen molar-refractivity contribution in [1.82, 2.24) is 9.97 Å². The van der Waals surface area contributed by atoms with Gasteiger partial charge in [-0.3, -0.25) is 0 Å². The minimum atomic E-state index is -0.848. The van der Waals surface area contributed by atoms with E-state index in [1.807, 2.05) is 0 Å². The van der Waals surface area contributed by atoms with Gasteiger partial charge in [-0.15, -0.1) is 11.3 Å². The lowest BCUT2D eigenvalue weighted by molar-refractivity contribution is 0.669. The van der Waals surface area contributed by atoms with Crippen LogP contribution in [0, 0.1) is 0 Å². The predicted octanol–water partition coefficient (Wildman–Crippen LogP) is 10.9. The molecule has 0 saturated heterocycles. The van der Waals surface area contributed by atoms with Gasteiger partial charge in [0.2, 0.25) is 0 Å². The van der Waals surface area contributed by atoms with Crippen LogP contribution in [0.1, 0.15) is 30.2 Å². The van der Waals surface area contributed by atoms with Gasteiger partial charge in [0, 0.05) is 32.0 Å². The first-order chi connectivity index (χ1) is 30.0. The largest absolute Gasteiger partial charge is 0.456 e. The molecule has 0 unspecified atom stereocenters. The van der Waals surface area contributed by atoms with E-state index in [1.54, 1.807) is 0 Å². The van der Waals surface area contributed by atoms with Gasteiger partial charge in [-0.2, -0.15) is 0 Å². The Morgan fingerprint density at radius 2 is 1.36 bits per heavy atom. The van der Waals surface area contributed by atoms with Crippen molar-refractivity contribution in [3.05, 3.63) is 133 Å². The number of benzene rings is 6. The molecule has 0 amide bonds. The Kier molecular flexibility index (Phi) is 2.27. The fourth-order valence-electron chi connectivity index (χ4n) is 4.66. The van der Waals surface area contributed by atoms with Crippen LogP contribution < -0.4 is 0 Å². The van der Waals surface area contributed by atoms with Crippen LogP contribution in [-0.2, 0) is 0 Å². The maximum atomic E-state index is 9.36. The molecule has 0 bridgehead atoms. The monoisotopic (exact) mass is 576 g/mol. The molecule has 3 nitrogen and oxygen atoms in total. The van der Waals surface area contributed by atoms with E-state index < -0.39 is 188 Å². The van der Waals surface area contributed by atoms with Gasteiger partial charge in [-0.25, -0.2) is 9.97 Å². The van der Waals surface area contributed by atoms with Gasteiger partial charge in [0.05, 0.1) is 46.1 Å². The van der Waals surface area contributed by atoms with Crippen LogP contribution in [0.15, 0.2) is 137 Å². The molecule has 0 N–H and O–H groups in total. The number of nitrogens with zero attached hydrogens (tertiary/aromatic N) is 2. The summed E-state index contributed by atoms with van der Waals surface area (Å²) < 4.78 is 197. The van der Waals surface area contributed by atoms with E-state index in [-0.39, 0.29) is 31.4 Å². The van der Waals surface area contributed by atoms with Crippen molar-refractivity contribution >= 4 is 64.4 Å². The maximum absolute atomic E-state index is 9.36. The molecule has 0 saturated carbocycles. The van der Waals surface area contributed by atoms with Crippen LogP contribution in [0.3, 0.4) is 0 Å². The summed E-state index contributed by atoms with van der Waals surface area (Å²) in [6.07, 6.45) is 0. The molecule has 0 fully saturated rings. The number of fused-ring (bicyclic) bond motifs is 7. The fourth-order valence-corrected chi connectivity index (χ4v) is 5.71. The molecule has 0 aliphatic heterocycles. The highest BCUT2D eigenvalue weighted by Gasteiger charge is 2.20. The summed E-state index contributed by atoms with van der Waals surface area (Å²) in [5, 5.41) is -1.88. The Balaban J connectivity index is 1.48. The molecule has 0 spiro atoms. The lowest BCUT2D eigenvalue weighted by Gasteiger charge is -2.08. The van der Waals surface area contributed by atoms with E-state index in [0.29, 0.717) is 0 Å². The minimum Gasteiger partial charge on any atom is -0.456 e. The van der Waals surface area contributed by atoms with Crippen LogP contribution in [-0.4, -0.2) is 9.97 Å². The molecule has 3 heterocycles. The van der Waals surface area contributed by atoms with E-state index in [9.17, 15) is 5.48 Å². The van der Waals surface area contributed by atoms with Crippen molar-refractivity contribution in [1.29, 1.82) is 0 Å². The molecule has 9 rings (SSSR count). The Morgan fingerprint density at radius 1 is 0.571 bits per heavy atom. The number of rotatable bonds is 3. The topological polar surface area (TPSA) is 38.9 Å². The second-order valence-corrected chi connectivity index (χ2v) is 9.91. The Hall–Kier alpha value is -5.32. The van der Waals surface area contributed by atoms with Crippen LogP contribution in [0.5, 0.6) is 0 Å². The molecule has 6 aromatic carbocycles. The van der Waals surface area contributed by atoms with Crippen LogP contribution >= 0.6 is 11.3 Å². The summed E-state index contributed by atoms with van der Waals surface area (Å²) in [5.74, 6) is -0.574. The van der Waals surface area contributed by atoms with E-state index in [4.69, 9.17) is 29.1 Å². The first-order valence-corrected chi connectivity index (χ1v) is 13.0. The molecular weight excluding hydrogens is 532 g/mol. The van der Waals surface area contributed by atoms with Gasteiger partial charge in [0.1, 0.15) is 11.2 Å². The van der Waals surface area contributed by atoms with E-state index in [2.05, 4.69) is 9.97 Å². The van der Waals surface area contributed by atoms with Crippen molar-refractivity contribution in [2.24, 2.45) is 0 Å². The summed E-state index contributed by atoms with van der Waals surface area (Å²) in [6.45, 7) is 0. The Labute approximate surface area is 276 Å². The zero-order chi connectivity index (χ0) is 46.8. The average molecular weight is 577 g/mol. The molecule has 4 heteroatoms. The number of hydrogen-bond donors (Lipinski definition) is 0. The number of furan rings is 1. The standard InChI is InChI=1S/C38H22N2OS/c1-2-10-24(11-3-1)38-39-35-29-13-6-7-16-33(29)42-37(35)36(40-38)30-14-8-15-31-34(30)28-20-19-27(22-32(28)41-31)26-18-17-23-9-4-5-12-25(23)21-26/h1-22H/i1D,2D,3D,4D,5D,6D,7D,8D,9D,10D,11D,12D,13D,14D,15D,16D,17D,18D,19D,20D,21D,22D. The van der Waals surface area contributed by atoms with Crippen molar-refractivity contribution in [3.8, 4) is 33.8 Å². The fraction of sp³-hybridized carbons (Fsp3) is 0. The Bertz CT molecular complexity index is 3680. The third kappa shape index (κ3) is 3.59. The van der Waals surface area contributed by atoms with E-state index >= 15 is 0 Å². The minimum absolute atomic E-state index is 0.0584. The van der Waals surface area contributed by atoms with E-state index in [1.165, 1.54) is 0 Å². The zero-order valence-electron chi connectivity index (χ0n) is 42.7. The molecule has 0 aliphatic carbocycles. The highest BCUT2D eigenvalue weighted by Crippen LogP contribution is 2.43. The van der Waals surface area contributed by atoms with Gasteiger partial charge in [0.15, 0.2) is 5.82 Å². The average Bonchev–Trinajstić information content (AvgIpc) is 3.86. The van der Waals surface area contributed by atoms with E-state index in [0.717, 1.165) is 11.3 Å². The first-order valence-electron chi connectivity index (χ1n) is 23.2. The summed E-state index contributed by atoms with van der Waals surface area (Å²) in [6, 6.07) is -16.1. The van der Waals surface area contributed by atoms with Gasteiger partial charge in [-0.05, 0) is 52.1 Å². The maximum Gasteiger partial charge on any atom is 0.160 e. The van der Waals surface area contributed by atoms with Gasteiger partial charge >= 0.3 is 0 Å². The summed E-state index contributed by atoms with van der Waals surface area (Å²) >= 11 is 0.733. The summed E-state index contributed by atoms with van der Waals surface area (Å²) in [5.41, 5.74) is -3.90. The predicted molar refractivity (Wildman–Crippen MR) is 176 cm³/mol. The van der Waals surface area contributed by atoms with Gasteiger partial charge in [-0.1, -0.05) is 103 Å². The lowest BCUT2D eigenvalue weighted by Crippen LogP contribution is -1.93. The third-order valence-electron chi connectivity index (χ3n) is 6.49.